The molecule has 5 heteroatoms. The Labute approximate surface area is 120 Å². The van der Waals surface area contributed by atoms with Gasteiger partial charge in [0.25, 0.3) is 0 Å². The van der Waals surface area contributed by atoms with Crippen LogP contribution in [0.1, 0.15) is 19.4 Å². The van der Waals surface area contributed by atoms with E-state index in [0.717, 1.165) is 5.56 Å². The molecule has 0 fully saturated rings. The smallest absolute Gasteiger partial charge is 0.189 e. The largest absolute Gasteiger partial charge is 0.493 e. The van der Waals surface area contributed by atoms with Crippen LogP contribution in [0.4, 0.5) is 0 Å². The summed E-state index contributed by atoms with van der Waals surface area (Å²) in [5, 5.41) is 3.03. The number of terminal acetylenes is 1. The highest BCUT2D eigenvalue weighted by atomic mass is 16.5. The molecule has 0 aromatic heterocycles. The van der Waals surface area contributed by atoms with Gasteiger partial charge in [0.1, 0.15) is 6.61 Å². The van der Waals surface area contributed by atoms with Crippen LogP contribution < -0.4 is 20.5 Å². The number of nitrogens with zero attached hydrogens (tertiary/aromatic N) is 1. The van der Waals surface area contributed by atoms with Crippen molar-refractivity contribution in [2.24, 2.45) is 10.7 Å². The molecule has 0 bridgehead atoms. The minimum Gasteiger partial charge on any atom is -0.493 e. The Kier molecular flexibility index (Phi) is 6.24. The molecule has 0 amide bonds. The summed E-state index contributed by atoms with van der Waals surface area (Å²) in [7, 11) is 1.58. The van der Waals surface area contributed by atoms with Gasteiger partial charge in [0.15, 0.2) is 17.5 Å². The lowest BCUT2D eigenvalue weighted by Crippen LogP contribution is -2.36. The fourth-order valence-corrected chi connectivity index (χ4v) is 1.57. The van der Waals surface area contributed by atoms with E-state index in [1.807, 2.05) is 32.0 Å². The summed E-state index contributed by atoms with van der Waals surface area (Å²) in [6.45, 7) is 4.66. The van der Waals surface area contributed by atoms with Gasteiger partial charge in [-0.05, 0) is 31.5 Å². The average molecular weight is 275 g/mol. The lowest BCUT2D eigenvalue weighted by molar-refractivity contribution is 0.330. The van der Waals surface area contributed by atoms with E-state index >= 15 is 0 Å². The number of ether oxygens (including phenoxy) is 2. The van der Waals surface area contributed by atoms with E-state index in [0.29, 0.717) is 24.0 Å². The Balaban J connectivity index is 2.78. The van der Waals surface area contributed by atoms with Crippen molar-refractivity contribution in [3.8, 4) is 23.8 Å². The van der Waals surface area contributed by atoms with Crippen LogP contribution >= 0.6 is 0 Å². The van der Waals surface area contributed by atoms with Crippen molar-refractivity contribution in [3.63, 3.8) is 0 Å². The maximum Gasteiger partial charge on any atom is 0.189 e. The Morgan fingerprint density at radius 3 is 2.80 bits per heavy atom. The average Bonchev–Trinajstić information content (AvgIpc) is 2.42. The van der Waals surface area contributed by atoms with Crippen molar-refractivity contribution < 1.29 is 9.47 Å². The number of hydrogen-bond acceptors (Lipinski definition) is 3. The van der Waals surface area contributed by atoms with Crippen LogP contribution in [0.15, 0.2) is 23.2 Å². The zero-order valence-corrected chi connectivity index (χ0v) is 12.1. The van der Waals surface area contributed by atoms with E-state index in [2.05, 4.69) is 16.2 Å². The third-order valence-electron chi connectivity index (χ3n) is 2.41. The quantitative estimate of drug-likeness (QED) is 0.469. The van der Waals surface area contributed by atoms with Gasteiger partial charge in [0.2, 0.25) is 0 Å². The monoisotopic (exact) mass is 275 g/mol. The first-order valence-electron chi connectivity index (χ1n) is 6.36. The molecule has 0 saturated carbocycles. The van der Waals surface area contributed by atoms with Crippen LogP contribution in [-0.4, -0.2) is 25.7 Å². The minimum absolute atomic E-state index is 0.195. The molecule has 5 nitrogen and oxygen atoms in total. The van der Waals surface area contributed by atoms with Crippen molar-refractivity contribution >= 4 is 5.96 Å². The van der Waals surface area contributed by atoms with Gasteiger partial charge in [-0.3, -0.25) is 0 Å². The molecule has 1 aromatic carbocycles. The van der Waals surface area contributed by atoms with Gasteiger partial charge < -0.3 is 20.5 Å². The molecular formula is C15H21N3O2. The highest BCUT2D eigenvalue weighted by Gasteiger charge is 2.05. The molecule has 108 valence electrons. The molecule has 1 rings (SSSR count). The maximum atomic E-state index is 5.75. The maximum absolute atomic E-state index is 5.75. The van der Waals surface area contributed by atoms with Crippen LogP contribution in [-0.2, 0) is 6.54 Å². The molecule has 0 radical (unpaired) electrons. The predicted octanol–water partition coefficient (Wildman–Crippen LogP) is 1.52. The number of aliphatic imine (C=N–C) groups is 1. The molecule has 20 heavy (non-hydrogen) atoms. The van der Waals surface area contributed by atoms with Crippen LogP contribution in [0.3, 0.4) is 0 Å². The summed E-state index contributed by atoms with van der Waals surface area (Å²) >= 11 is 0. The first-order valence-corrected chi connectivity index (χ1v) is 6.36. The molecular weight excluding hydrogens is 254 g/mol. The van der Waals surface area contributed by atoms with E-state index in [1.54, 1.807) is 7.11 Å². The summed E-state index contributed by atoms with van der Waals surface area (Å²) in [4.78, 5) is 4.26. The van der Waals surface area contributed by atoms with Crippen molar-refractivity contribution in [1.29, 1.82) is 0 Å². The third kappa shape index (κ3) is 5.11. The standard InChI is InChI=1S/C15H21N3O2/c1-5-8-20-14-9-12(6-7-13(14)19-4)10-17-15(16)18-11(2)3/h1,6-7,9,11H,8,10H2,2-4H3,(H3,16,17,18). The Hall–Kier alpha value is -2.35. The number of nitrogens with two attached hydrogens (primary N) is 1. The fraction of sp³-hybridized carbons (Fsp3) is 0.400. The minimum atomic E-state index is 0.195. The highest BCUT2D eigenvalue weighted by Crippen LogP contribution is 2.28. The number of benzene rings is 1. The van der Waals surface area contributed by atoms with E-state index in [4.69, 9.17) is 21.6 Å². The van der Waals surface area contributed by atoms with Gasteiger partial charge in [0, 0.05) is 6.04 Å². The number of hydrogen-bond donors (Lipinski definition) is 2. The molecule has 0 unspecified atom stereocenters. The molecule has 0 spiro atoms. The van der Waals surface area contributed by atoms with Gasteiger partial charge >= 0.3 is 0 Å². The summed E-state index contributed by atoms with van der Waals surface area (Å²) in [5.74, 6) is 4.09. The molecule has 0 saturated heterocycles. The van der Waals surface area contributed by atoms with Gasteiger partial charge in [-0.2, -0.15) is 0 Å². The number of rotatable bonds is 6. The van der Waals surface area contributed by atoms with E-state index in [1.165, 1.54) is 0 Å². The first kappa shape index (κ1) is 15.7. The lowest BCUT2D eigenvalue weighted by Gasteiger charge is -2.11. The normalized spacial score (nSPS) is 11.1. The zero-order valence-electron chi connectivity index (χ0n) is 12.1. The van der Waals surface area contributed by atoms with Crippen LogP contribution in [0, 0.1) is 12.3 Å². The van der Waals surface area contributed by atoms with Gasteiger partial charge in [-0.15, -0.1) is 6.42 Å². The van der Waals surface area contributed by atoms with Crippen molar-refractivity contribution in [1.82, 2.24) is 5.32 Å². The second-order valence-electron chi connectivity index (χ2n) is 4.48. The van der Waals surface area contributed by atoms with E-state index < -0.39 is 0 Å². The zero-order chi connectivity index (χ0) is 15.0. The summed E-state index contributed by atoms with van der Waals surface area (Å²) < 4.78 is 10.6. The summed E-state index contributed by atoms with van der Waals surface area (Å²) in [5.41, 5.74) is 6.72. The van der Waals surface area contributed by atoms with Gasteiger partial charge in [-0.25, -0.2) is 4.99 Å². The molecule has 0 aliphatic heterocycles. The number of nitrogens with one attached hydrogen (secondary N) is 1. The highest BCUT2D eigenvalue weighted by molar-refractivity contribution is 5.78. The molecule has 1 aromatic rings. The molecule has 0 heterocycles. The lowest BCUT2D eigenvalue weighted by atomic mass is 10.2. The summed E-state index contributed by atoms with van der Waals surface area (Å²) in [6.07, 6.45) is 5.19. The van der Waals surface area contributed by atoms with Gasteiger partial charge in [-0.1, -0.05) is 12.0 Å². The number of guanidine groups is 1. The van der Waals surface area contributed by atoms with Crippen molar-refractivity contribution in [3.05, 3.63) is 23.8 Å². The fourth-order valence-electron chi connectivity index (χ4n) is 1.57. The molecule has 0 atom stereocenters. The Bertz CT molecular complexity index is 504. The van der Waals surface area contributed by atoms with Crippen molar-refractivity contribution in [2.45, 2.75) is 26.4 Å². The predicted molar refractivity (Wildman–Crippen MR) is 80.9 cm³/mol. The van der Waals surface area contributed by atoms with E-state index in [-0.39, 0.29) is 12.6 Å². The van der Waals surface area contributed by atoms with Crippen LogP contribution in [0.5, 0.6) is 11.5 Å². The van der Waals surface area contributed by atoms with E-state index in [9.17, 15) is 0 Å². The van der Waals surface area contributed by atoms with Gasteiger partial charge in [0.05, 0.1) is 13.7 Å². The molecule has 0 aliphatic rings. The van der Waals surface area contributed by atoms with Crippen molar-refractivity contribution in [2.75, 3.05) is 13.7 Å². The third-order valence-corrected chi connectivity index (χ3v) is 2.41. The summed E-state index contributed by atoms with van der Waals surface area (Å²) in [6, 6.07) is 5.84. The molecule has 3 N–H and O–H groups in total. The SMILES string of the molecule is C#CCOc1cc(CN=C(N)NC(C)C)ccc1OC. The second-order valence-corrected chi connectivity index (χ2v) is 4.48. The number of methoxy groups -OCH3 is 1. The van der Waals surface area contributed by atoms with Crippen LogP contribution in [0.25, 0.3) is 0 Å². The first-order chi connectivity index (χ1) is 9.56. The Morgan fingerprint density at radius 2 is 2.20 bits per heavy atom. The molecule has 0 aliphatic carbocycles. The second kappa shape index (κ2) is 7.95. The topological polar surface area (TPSA) is 68.9 Å². The van der Waals surface area contributed by atoms with Crippen LogP contribution in [0.2, 0.25) is 0 Å². The Morgan fingerprint density at radius 1 is 1.45 bits per heavy atom.